The second kappa shape index (κ2) is 2.23. The molecule has 0 aromatic carbocycles. The Morgan fingerprint density at radius 3 is 2.80 bits per heavy atom. The SMILES string of the molecule is O=C(C1CC1)N1CCOC1. The fraction of sp³-hybridized carbons (Fsp3) is 0.857. The zero-order chi connectivity index (χ0) is 6.97. The van der Waals surface area contributed by atoms with Crippen molar-refractivity contribution in [3.8, 4) is 0 Å². The summed E-state index contributed by atoms with van der Waals surface area (Å²) in [5.41, 5.74) is 0. The highest BCUT2D eigenvalue weighted by Gasteiger charge is 2.34. The molecule has 1 aliphatic heterocycles. The third-order valence-corrected chi connectivity index (χ3v) is 1.99. The van der Waals surface area contributed by atoms with Crippen molar-refractivity contribution in [3.05, 3.63) is 0 Å². The molecular weight excluding hydrogens is 130 g/mol. The molecule has 0 atom stereocenters. The standard InChI is InChI=1S/C7H11NO2/c9-7(6-1-2-6)8-3-4-10-5-8/h6H,1-5H2. The molecule has 56 valence electrons. The summed E-state index contributed by atoms with van der Waals surface area (Å²) in [6.45, 7) is 2.04. The number of hydrogen-bond donors (Lipinski definition) is 0. The van der Waals surface area contributed by atoms with Crippen LogP contribution in [0.5, 0.6) is 0 Å². The zero-order valence-corrected chi connectivity index (χ0v) is 5.88. The Labute approximate surface area is 60.0 Å². The third kappa shape index (κ3) is 1.01. The van der Waals surface area contributed by atoms with Gasteiger partial charge in [-0.25, -0.2) is 0 Å². The van der Waals surface area contributed by atoms with E-state index in [2.05, 4.69) is 0 Å². The fourth-order valence-electron chi connectivity index (χ4n) is 1.18. The minimum absolute atomic E-state index is 0.303. The molecule has 3 heteroatoms. The zero-order valence-electron chi connectivity index (χ0n) is 5.88. The Bertz CT molecular complexity index is 148. The lowest BCUT2D eigenvalue weighted by atomic mass is 10.4. The van der Waals surface area contributed by atoms with Crippen molar-refractivity contribution in [2.75, 3.05) is 19.9 Å². The van der Waals surface area contributed by atoms with Crippen LogP contribution in [0.15, 0.2) is 0 Å². The van der Waals surface area contributed by atoms with Crippen molar-refractivity contribution in [1.82, 2.24) is 4.90 Å². The molecule has 2 aliphatic rings. The largest absolute Gasteiger partial charge is 0.359 e. The van der Waals surface area contributed by atoms with E-state index in [4.69, 9.17) is 4.74 Å². The van der Waals surface area contributed by atoms with Gasteiger partial charge >= 0.3 is 0 Å². The Kier molecular flexibility index (Phi) is 1.38. The summed E-state index contributed by atoms with van der Waals surface area (Å²) < 4.78 is 5.06. The van der Waals surface area contributed by atoms with E-state index in [1.54, 1.807) is 4.90 Å². The van der Waals surface area contributed by atoms with Crippen LogP contribution in [0.25, 0.3) is 0 Å². The van der Waals surface area contributed by atoms with Crippen LogP contribution < -0.4 is 0 Å². The molecule has 1 saturated carbocycles. The van der Waals surface area contributed by atoms with Crippen molar-refractivity contribution >= 4 is 5.91 Å². The van der Waals surface area contributed by atoms with Gasteiger partial charge in [0.2, 0.25) is 5.91 Å². The summed E-state index contributed by atoms with van der Waals surface area (Å²) in [5, 5.41) is 0. The molecule has 1 saturated heterocycles. The van der Waals surface area contributed by atoms with E-state index in [0.29, 0.717) is 18.6 Å². The van der Waals surface area contributed by atoms with Gasteiger partial charge in [0.15, 0.2) is 0 Å². The van der Waals surface area contributed by atoms with Crippen molar-refractivity contribution in [2.24, 2.45) is 5.92 Å². The normalized spacial score (nSPS) is 25.4. The first kappa shape index (κ1) is 6.16. The number of ether oxygens (including phenoxy) is 1. The molecule has 0 spiro atoms. The first-order chi connectivity index (χ1) is 4.88. The van der Waals surface area contributed by atoms with Crippen LogP contribution in [-0.4, -0.2) is 30.7 Å². The van der Waals surface area contributed by atoms with E-state index >= 15 is 0 Å². The van der Waals surface area contributed by atoms with Crippen LogP contribution in [0.3, 0.4) is 0 Å². The quantitative estimate of drug-likeness (QED) is 0.522. The molecule has 0 aromatic heterocycles. The smallest absolute Gasteiger partial charge is 0.227 e. The van der Waals surface area contributed by atoms with Crippen LogP contribution in [0.2, 0.25) is 0 Å². The summed E-state index contributed by atoms with van der Waals surface area (Å²) in [7, 11) is 0. The number of hydrogen-bond acceptors (Lipinski definition) is 2. The van der Waals surface area contributed by atoms with E-state index in [-0.39, 0.29) is 0 Å². The molecule has 0 radical (unpaired) electrons. The van der Waals surface area contributed by atoms with Crippen molar-refractivity contribution in [3.63, 3.8) is 0 Å². The van der Waals surface area contributed by atoms with E-state index < -0.39 is 0 Å². The lowest BCUT2D eigenvalue weighted by molar-refractivity contribution is -0.132. The lowest BCUT2D eigenvalue weighted by Gasteiger charge is -2.11. The Hall–Kier alpha value is -0.570. The predicted octanol–water partition coefficient (Wildman–Crippen LogP) is 0.213. The van der Waals surface area contributed by atoms with Gasteiger partial charge in [-0.1, -0.05) is 0 Å². The van der Waals surface area contributed by atoms with E-state index in [1.165, 1.54) is 0 Å². The number of rotatable bonds is 1. The molecule has 2 fully saturated rings. The summed E-state index contributed by atoms with van der Waals surface area (Å²) in [6, 6.07) is 0. The third-order valence-electron chi connectivity index (χ3n) is 1.99. The van der Waals surface area contributed by atoms with Crippen molar-refractivity contribution in [2.45, 2.75) is 12.8 Å². The molecule has 0 aromatic rings. The van der Waals surface area contributed by atoms with Gasteiger partial charge in [-0.3, -0.25) is 4.79 Å². The Morgan fingerprint density at radius 2 is 2.30 bits per heavy atom. The van der Waals surface area contributed by atoms with E-state index in [1.807, 2.05) is 0 Å². The highest BCUT2D eigenvalue weighted by molar-refractivity contribution is 5.81. The van der Waals surface area contributed by atoms with Gasteiger partial charge in [0.1, 0.15) is 6.73 Å². The fourth-order valence-corrected chi connectivity index (χ4v) is 1.18. The van der Waals surface area contributed by atoms with Crippen LogP contribution in [0.1, 0.15) is 12.8 Å². The molecule has 1 aliphatic carbocycles. The topological polar surface area (TPSA) is 29.5 Å². The van der Waals surface area contributed by atoms with Gasteiger partial charge in [0.05, 0.1) is 6.61 Å². The summed E-state index contributed by atoms with van der Waals surface area (Å²) in [5.74, 6) is 0.652. The van der Waals surface area contributed by atoms with Crippen LogP contribution in [-0.2, 0) is 9.53 Å². The molecule has 0 unspecified atom stereocenters. The number of carbonyl (C=O) groups is 1. The number of nitrogens with zero attached hydrogens (tertiary/aromatic N) is 1. The van der Waals surface area contributed by atoms with Gasteiger partial charge in [0.25, 0.3) is 0 Å². The maximum absolute atomic E-state index is 11.3. The maximum Gasteiger partial charge on any atom is 0.227 e. The first-order valence-corrected chi connectivity index (χ1v) is 3.74. The van der Waals surface area contributed by atoms with Crippen molar-refractivity contribution in [1.29, 1.82) is 0 Å². The minimum Gasteiger partial charge on any atom is -0.359 e. The molecule has 2 rings (SSSR count). The molecule has 1 heterocycles. The molecule has 3 nitrogen and oxygen atoms in total. The van der Waals surface area contributed by atoms with Gasteiger partial charge in [-0.2, -0.15) is 0 Å². The lowest BCUT2D eigenvalue weighted by Crippen LogP contribution is -2.29. The van der Waals surface area contributed by atoms with E-state index in [9.17, 15) is 4.79 Å². The summed E-state index contributed by atoms with van der Waals surface area (Å²) >= 11 is 0. The molecule has 0 N–H and O–H groups in total. The van der Waals surface area contributed by atoms with Crippen LogP contribution >= 0.6 is 0 Å². The average molecular weight is 141 g/mol. The van der Waals surface area contributed by atoms with Crippen LogP contribution in [0.4, 0.5) is 0 Å². The summed E-state index contributed by atoms with van der Waals surface area (Å²) in [4.78, 5) is 13.1. The van der Waals surface area contributed by atoms with Gasteiger partial charge in [-0.05, 0) is 12.8 Å². The van der Waals surface area contributed by atoms with E-state index in [0.717, 1.165) is 26.0 Å². The predicted molar refractivity (Wildman–Crippen MR) is 35.3 cm³/mol. The Balaban J connectivity index is 1.90. The van der Waals surface area contributed by atoms with Gasteiger partial charge in [0, 0.05) is 12.5 Å². The molecule has 10 heavy (non-hydrogen) atoms. The number of amides is 1. The molecule has 1 amide bonds. The highest BCUT2D eigenvalue weighted by atomic mass is 16.5. The second-order valence-corrected chi connectivity index (χ2v) is 2.91. The monoisotopic (exact) mass is 141 g/mol. The van der Waals surface area contributed by atoms with Crippen LogP contribution in [0, 0.1) is 5.92 Å². The highest BCUT2D eigenvalue weighted by Crippen LogP contribution is 2.31. The first-order valence-electron chi connectivity index (χ1n) is 3.74. The maximum atomic E-state index is 11.3. The van der Waals surface area contributed by atoms with Gasteiger partial charge < -0.3 is 9.64 Å². The number of carbonyl (C=O) groups excluding carboxylic acids is 1. The van der Waals surface area contributed by atoms with Crippen molar-refractivity contribution < 1.29 is 9.53 Å². The molecule has 0 bridgehead atoms. The second-order valence-electron chi connectivity index (χ2n) is 2.91. The Morgan fingerprint density at radius 1 is 1.50 bits per heavy atom. The molecular formula is C7H11NO2. The minimum atomic E-state index is 0.303. The van der Waals surface area contributed by atoms with Gasteiger partial charge in [-0.15, -0.1) is 0 Å². The summed E-state index contributed by atoms with van der Waals surface area (Å²) in [6.07, 6.45) is 2.19. The average Bonchev–Trinajstić information content (AvgIpc) is 2.65.